The molecule has 1 heterocycles. The predicted octanol–water partition coefficient (Wildman–Crippen LogP) is 2.75. The van der Waals surface area contributed by atoms with Gasteiger partial charge in [-0.25, -0.2) is 4.98 Å². The van der Waals surface area contributed by atoms with Crippen molar-refractivity contribution in [2.75, 3.05) is 6.54 Å². The van der Waals surface area contributed by atoms with Crippen molar-refractivity contribution in [1.29, 1.82) is 0 Å². The molecule has 0 saturated heterocycles. The third-order valence-corrected chi connectivity index (χ3v) is 3.60. The van der Waals surface area contributed by atoms with Crippen LogP contribution >= 0.6 is 11.3 Å². The van der Waals surface area contributed by atoms with E-state index in [9.17, 15) is 0 Å². The normalized spacial score (nSPS) is 11.1. The van der Waals surface area contributed by atoms with Gasteiger partial charge < -0.3 is 5.73 Å². The van der Waals surface area contributed by atoms with Gasteiger partial charge in [-0.05, 0) is 31.0 Å². The molecule has 0 aliphatic rings. The summed E-state index contributed by atoms with van der Waals surface area (Å²) in [5, 5.41) is 1.22. The Balaban J connectivity index is 2.37. The van der Waals surface area contributed by atoms with Gasteiger partial charge in [-0.1, -0.05) is 19.1 Å². The summed E-state index contributed by atoms with van der Waals surface area (Å²) >= 11 is 1.80. The number of hydrogen-bond donors (Lipinski definition) is 1. The summed E-state index contributed by atoms with van der Waals surface area (Å²) in [6.07, 6.45) is 3.09. The first kappa shape index (κ1) is 10.6. The second-order valence-corrected chi connectivity index (χ2v) is 4.73. The van der Waals surface area contributed by atoms with Gasteiger partial charge in [0.1, 0.15) is 0 Å². The van der Waals surface area contributed by atoms with Gasteiger partial charge in [0.25, 0.3) is 0 Å². The Morgan fingerprint density at radius 2 is 2.27 bits per heavy atom. The minimum absolute atomic E-state index is 0.747. The number of aryl methyl sites for hydroxylation is 2. The van der Waals surface area contributed by atoms with E-state index in [-0.39, 0.29) is 0 Å². The van der Waals surface area contributed by atoms with E-state index in [1.165, 1.54) is 20.8 Å². The third kappa shape index (κ3) is 2.19. The van der Waals surface area contributed by atoms with Crippen LogP contribution in [-0.4, -0.2) is 11.5 Å². The summed E-state index contributed by atoms with van der Waals surface area (Å²) in [7, 11) is 0. The highest BCUT2D eigenvalue weighted by atomic mass is 32.1. The SMILES string of the molecule is CCc1cccc2sc(CCCN)nc12. The van der Waals surface area contributed by atoms with Crippen LogP contribution in [0.2, 0.25) is 0 Å². The average Bonchev–Trinajstić information content (AvgIpc) is 2.68. The summed E-state index contributed by atoms with van der Waals surface area (Å²) in [6.45, 7) is 2.92. The molecular formula is C12H16N2S. The van der Waals surface area contributed by atoms with E-state index < -0.39 is 0 Å². The summed E-state index contributed by atoms with van der Waals surface area (Å²) < 4.78 is 1.31. The molecule has 0 bridgehead atoms. The molecule has 2 N–H and O–H groups in total. The Kier molecular flexibility index (Phi) is 3.34. The quantitative estimate of drug-likeness (QED) is 0.860. The lowest BCUT2D eigenvalue weighted by Crippen LogP contribution is -1.99. The third-order valence-electron chi connectivity index (χ3n) is 2.52. The van der Waals surface area contributed by atoms with Crippen LogP contribution in [0.4, 0.5) is 0 Å². The van der Waals surface area contributed by atoms with Gasteiger partial charge in [-0.15, -0.1) is 11.3 Å². The minimum atomic E-state index is 0.747. The molecule has 2 rings (SSSR count). The van der Waals surface area contributed by atoms with Gasteiger partial charge in [-0.2, -0.15) is 0 Å². The van der Waals surface area contributed by atoms with E-state index in [0.29, 0.717) is 0 Å². The maximum Gasteiger partial charge on any atom is 0.0939 e. The van der Waals surface area contributed by atoms with Crippen LogP contribution in [0.1, 0.15) is 23.9 Å². The van der Waals surface area contributed by atoms with Gasteiger partial charge in [-0.3, -0.25) is 0 Å². The molecular weight excluding hydrogens is 204 g/mol. The van der Waals surface area contributed by atoms with Crippen molar-refractivity contribution in [3.05, 3.63) is 28.8 Å². The molecule has 15 heavy (non-hydrogen) atoms. The molecule has 1 aromatic heterocycles. The van der Waals surface area contributed by atoms with Crippen molar-refractivity contribution in [3.8, 4) is 0 Å². The number of hydrogen-bond acceptors (Lipinski definition) is 3. The van der Waals surface area contributed by atoms with Crippen LogP contribution < -0.4 is 5.73 Å². The van der Waals surface area contributed by atoms with E-state index in [2.05, 4.69) is 30.1 Å². The van der Waals surface area contributed by atoms with Gasteiger partial charge >= 0.3 is 0 Å². The Morgan fingerprint density at radius 3 is 3.00 bits per heavy atom. The first-order valence-corrected chi connectivity index (χ1v) is 6.24. The van der Waals surface area contributed by atoms with Crippen LogP contribution in [0.3, 0.4) is 0 Å². The number of rotatable bonds is 4. The highest BCUT2D eigenvalue weighted by Gasteiger charge is 2.06. The van der Waals surface area contributed by atoms with Gasteiger partial charge in [0.15, 0.2) is 0 Å². The van der Waals surface area contributed by atoms with E-state index in [1.807, 2.05) is 0 Å². The molecule has 0 fully saturated rings. The molecule has 0 saturated carbocycles. The second-order valence-electron chi connectivity index (χ2n) is 3.62. The lowest BCUT2D eigenvalue weighted by atomic mass is 10.1. The summed E-state index contributed by atoms with van der Waals surface area (Å²) in [5.41, 5.74) is 8.04. The van der Waals surface area contributed by atoms with Gasteiger partial charge in [0, 0.05) is 6.42 Å². The predicted molar refractivity (Wildman–Crippen MR) is 66.4 cm³/mol. The molecule has 0 aliphatic carbocycles. The second kappa shape index (κ2) is 4.73. The smallest absolute Gasteiger partial charge is 0.0939 e. The van der Waals surface area contributed by atoms with E-state index >= 15 is 0 Å². The number of aromatic nitrogens is 1. The molecule has 1 aromatic carbocycles. The summed E-state index contributed by atoms with van der Waals surface area (Å²) in [5.74, 6) is 0. The Morgan fingerprint density at radius 1 is 1.40 bits per heavy atom. The maximum absolute atomic E-state index is 5.50. The number of benzene rings is 1. The summed E-state index contributed by atoms with van der Waals surface area (Å²) in [6, 6.07) is 6.43. The number of para-hydroxylation sites is 1. The minimum Gasteiger partial charge on any atom is -0.330 e. The Hall–Kier alpha value is -0.930. The largest absolute Gasteiger partial charge is 0.330 e. The fraction of sp³-hybridized carbons (Fsp3) is 0.417. The Labute approximate surface area is 94.1 Å². The van der Waals surface area contributed by atoms with Gasteiger partial charge in [0.2, 0.25) is 0 Å². The fourth-order valence-electron chi connectivity index (χ4n) is 1.70. The van der Waals surface area contributed by atoms with Crippen molar-refractivity contribution >= 4 is 21.6 Å². The molecule has 2 aromatic rings. The molecule has 0 spiro atoms. The van der Waals surface area contributed by atoms with Crippen LogP contribution in [0.5, 0.6) is 0 Å². The van der Waals surface area contributed by atoms with Crippen LogP contribution in [-0.2, 0) is 12.8 Å². The Bertz CT molecular complexity index is 448. The lowest BCUT2D eigenvalue weighted by molar-refractivity contribution is 0.828. The molecule has 2 nitrogen and oxygen atoms in total. The maximum atomic E-state index is 5.50. The number of fused-ring (bicyclic) bond motifs is 1. The standard InChI is InChI=1S/C12H16N2S/c1-2-9-5-3-6-10-12(9)14-11(15-10)7-4-8-13/h3,5-6H,2,4,7-8,13H2,1H3. The van der Waals surface area contributed by atoms with Crippen LogP contribution in [0.15, 0.2) is 18.2 Å². The highest BCUT2D eigenvalue weighted by molar-refractivity contribution is 7.18. The average molecular weight is 220 g/mol. The van der Waals surface area contributed by atoms with Crippen molar-refractivity contribution in [2.24, 2.45) is 5.73 Å². The fourth-order valence-corrected chi connectivity index (χ4v) is 2.75. The molecule has 80 valence electrons. The molecule has 0 radical (unpaired) electrons. The topological polar surface area (TPSA) is 38.9 Å². The van der Waals surface area contributed by atoms with E-state index in [4.69, 9.17) is 5.73 Å². The zero-order chi connectivity index (χ0) is 10.7. The van der Waals surface area contributed by atoms with Crippen molar-refractivity contribution in [2.45, 2.75) is 26.2 Å². The molecule has 0 atom stereocenters. The number of nitrogens with two attached hydrogens (primary N) is 1. The zero-order valence-corrected chi connectivity index (χ0v) is 9.81. The number of thiazole rings is 1. The lowest BCUT2D eigenvalue weighted by Gasteiger charge is -1.95. The van der Waals surface area contributed by atoms with Crippen molar-refractivity contribution < 1.29 is 0 Å². The number of nitrogens with zero attached hydrogens (tertiary/aromatic N) is 1. The first-order valence-electron chi connectivity index (χ1n) is 5.42. The van der Waals surface area contributed by atoms with Crippen molar-refractivity contribution in [3.63, 3.8) is 0 Å². The van der Waals surface area contributed by atoms with Crippen LogP contribution in [0.25, 0.3) is 10.2 Å². The van der Waals surface area contributed by atoms with Crippen LogP contribution in [0, 0.1) is 0 Å². The molecule has 0 aliphatic heterocycles. The molecule has 0 amide bonds. The molecule has 0 unspecified atom stereocenters. The molecule has 3 heteroatoms. The summed E-state index contributed by atoms with van der Waals surface area (Å²) in [4.78, 5) is 4.68. The highest BCUT2D eigenvalue weighted by Crippen LogP contribution is 2.25. The van der Waals surface area contributed by atoms with Crippen molar-refractivity contribution in [1.82, 2.24) is 4.98 Å². The van der Waals surface area contributed by atoms with Gasteiger partial charge in [0.05, 0.1) is 15.2 Å². The first-order chi connectivity index (χ1) is 7.35. The van der Waals surface area contributed by atoms with E-state index in [1.54, 1.807) is 11.3 Å². The zero-order valence-electron chi connectivity index (χ0n) is 8.99. The van der Waals surface area contributed by atoms with E-state index in [0.717, 1.165) is 25.8 Å². The monoisotopic (exact) mass is 220 g/mol.